The summed E-state index contributed by atoms with van der Waals surface area (Å²) in [5, 5.41) is 10.4. The molecule has 66 valence electrons. The molecule has 1 N–H and O–H groups in total. The summed E-state index contributed by atoms with van der Waals surface area (Å²) in [6.45, 7) is 0. The molecule has 0 unspecified atom stereocenters. The van der Waals surface area contributed by atoms with Crippen molar-refractivity contribution in [2.45, 2.75) is 0 Å². The van der Waals surface area contributed by atoms with Gasteiger partial charge in [0.15, 0.2) is 0 Å². The predicted octanol–water partition coefficient (Wildman–Crippen LogP) is -0.0320. The van der Waals surface area contributed by atoms with Crippen LogP contribution in [0.2, 0.25) is 0 Å². The number of hydrogen-bond donors (Lipinski definition) is 1. The highest BCUT2D eigenvalue weighted by atomic mass is 16.5. The Morgan fingerprint density at radius 3 is 2.46 bits per heavy atom. The Balaban J connectivity index is 2.71. The number of fused-ring (bicyclic) bond motifs is 1. The zero-order valence-corrected chi connectivity index (χ0v) is 7.07. The minimum atomic E-state index is -0.900. The lowest BCUT2D eigenvalue weighted by Crippen LogP contribution is -2.36. The van der Waals surface area contributed by atoms with Gasteiger partial charge in [-0.2, -0.15) is 0 Å². The fourth-order valence-electron chi connectivity index (χ4n) is 1.40. The predicted molar refractivity (Wildman–Crippen MR) is 48.1 cm³/mol. The molecule has 3 nitrogen and oxygen atoms in total. The fraction of sp³-hybridized carbons (Fsp3) is 0.100. The first-order valence-corrected chi connectivity index (χ1v) is 3.86. The molecule has 0 atom stereocenters. The second kappa shape index (κ2) is 2.62. The Kier molecular flexibility index (Phi) is 1.59. The molecule has 1 aromatic carbocycles. The molecule has 2 rings (SSSR count). The first kappa shape index (κ1) is 7.86. The van der Waals surface area contributed by atoms with Gasteiger partial charge in [-0.3, -0.25) is 0 Å². The summed E-state index contributed by atoms with van der Waals surface area (Å²) in [6, 6.07) is 3.23. The summed E-state index contributed by atoms with van der Waals surface area (Å²) >= 11 is 0. The van der Waals surface area contributed by atoms with Gasteiger partial charge in [0.05, 0.1) is 12.7 Å². The molecular weight excluding hydrogens is 168 g/mol. The third-order valence-electron chi connectivity index (χ3n) is 2.11. The Morgan fingerprint density at radius 2 is 2.00 bits per heavy atom. The van der Waals surface area contributed by atoms with Gasteiger partial charge < -0.3 is 9.84 Å². The molecular formula is C10H8O3. The molecule has 0 spiro atoms. The summed E-state index contributed by atoms with van der Waals surface area (Å²) in [7, 11) is 1.57. The van der Waals surface area contributed by atoms with Crippen molar-refractivity contribution >= 4 is 18.1 Å². The van der Waals surface area contributed by atoms with E-state index in [4.69, 9.17) is 9.84 Å². The van der Waals surface area contributed by atoms with E-state index in [1.165, 1.54) is 0 Å². The van der Waals surface area contributed by atoms with Gasteiger partial charge in [0.2, 0.25) is 0 Å². The minimum Gasteiger partial charge on any atom is -0.496 e. The lowest BCUT2D eigenvalue weighted by atomic mass is 10.0. The number of aromatic carboxylic acids is 1. The van der Waals surface area contributed by atoms with Crippen LogP contribution in [0.3, 0.4) is 0 Å². The van der Waals surface area contributed by atoms with Crippen molar-refractivity contribution in [3.05, 3.63) is 28.1 Å². The molecule has 1 aliphatic rings. The first-order valence-electron chi connectivity index (χ1n) is 3.86. The van der Waals surface area contributed by atoms with Crippen LogP contribution in [0, 0.1) is 0 Å². The van der Waals surface area contributed by atoms with E-state index in [1.54, 1.807) is 25.3 Å². The molecule has 0 amide bonds. The van der Waals surface area contributed by atoms with Gasteiger partial charge in [0, 0.05) is 5.22 Å². The average molecular weight is 176 g/mol. The van der Waals surface area contributed by atoms with E-state index in [0.29, 0.717) is 5.56 Å². The zero-order valence-electron chi connectivity index (χ0n) is 7.07. The van der Waals surface area contributed by atoms with E-state index >= 15 is 0 Å². The second-order valence-electron chi connectivity index (χ2n) is 2.78. The van der Waals surface area contributed by atoms with Crippen LogP contribution in [0.15, 0.2) is 12.1 Å². The van der Waals surface area contributed by atoms with Gasteiger partial charge in [-0.05, 0) is 23.4 Å². The van der Waals surface area contributed by atoms with E-state index < -0.39 is 5.97 Å². The number of hydrogen-bond acceptors (Lipinski definition) is 2. The molecule has 0 saturated carbocycles. The van der Waals surface area contributed by atoms with Crippen molar-refractivity contribution in [3.8, 4) is 5.75 Å². The van der Waals surface area contributed by atoms with Crippen molar-refractivity contribution in [2.24, 2.45) is 0 Å². The maximum Gasteiger partial charge on any atom is 0.336 e. The Labute approximate surface area is 74.6 Å². The van der Waals surface area contributed by atoms with Gasteiger partial charge in [-0.15, -0.1) is 0 Å². The van der Waals surface area contributed by atoms with Crippen LogP contribution in [-0.2, 0) is 0 Å². The normalized spacial score (nSPS) is 11.8. The molecule has 3 heteroatoms. The maximum absolute atomic E-state index is 10.7. The maximum atomic E-state index is 10.7. The van der Waals surface area contributed by atoms with Crippen LogP contribution < -0.4 is 15.2 Å². The zero-order chi connectivity index (χ0) is 9.42. The van der Waals surface area contributed by atoms with Crippen LogP contribution in [0.5, 0.6) is 5.75 Å². The fourth-order valence-corrected chi connectivity index (χ4v) is 1.40. The number of benzene rings is 1. The summed E-state index contributed by atoms with van der Waals surface area (Å²) in [5.41, 5.74) is 0.332. The van der Waals surface area contributed by atoms with Crippen LogP contribution in [0.25, 0.3) is 12.2 Å². The highest BCUT2D eigenvalue weighted by Gasteiger charge is 2.11. The third-order valence-corrected chi connectivity index (χ3v) is 2.11. The minimum absolute atomic E-state index is 0.332. The van der Waals surface area contributed by atoms with E-state index in [0.717, 1.165) is 16.2 Å². The lowest BCUT2D eigenvalue weighted by Gasteiger charge is -2.08. The number of carboxylic acids is 1. The van der Waals surface area contributed by atoms with E-state index in [9.17, 15) is 4.79 Å². The molecule has 0 saturated heterocycles. The molecule has 0 fully saturated rings. The number of methoxy groups -OCH3 is 1. The van der Waals surface area contributed by atoms with Gasteiger partial charge >= 0.3 is 5.97 Å². The number of carboxylic acid groups (broad SMARTS) is 1. The van der Waals surface area contributed by atoms with Gasteiger partial charge in [-0.25, -0.2) is 4.79 Å². The molecule has 0 heterocycles. The first-order chi connectivity index (χ1) is 6.24. The van der Waals surface area contributed by atoms with Crippen LogP contribution in [0.4, 0.5) is 0 Å². The monoisotopic (exact) mass is 176 g/mol. The van der Waals surface area contributed by atoms with E-state index in [-0.39, 0.29) is 0 Å². The third kappa shape index (κ3) is 1.01. The van der Waals surface area contributed by atoms with Gasteiger partial charge in [0.1, 0.15) is 5.75 Å². The Bertz CT molecular complexity index is 486. The topological polar surface area (TPSA) is 46.5 Å². The smallest absolute Gasteiger partial charge is 0.336 e. The molecule has 0 bridgehead atoms. The standard InChI is InChI=1S/C10H8O3/c1-13-9-5-4-8(10(11)12)6-2-3-7(6)9/h2-5H,1H3,(H,11,12). The van der Waals surface area contributed by atoms with Crippen molar-refractivity contribution < 1.29 is 14.6 Å². The number of ether oxygens (including phenoxy) is 1. The quantitative estimate of drug-likeness (QED) is 0.688. The Hall–Kier alpha value is -1.77. The number of carbonyl (C=O) groups is 1. The van der Waals surface area contributed by atoms with E-state index in [2.05, 4.69) is 0 Å². The number of rotatable bonds is 2. The SMILES string of the molecule is COc1ccc(C(=O)O)c2c1=CC=2. The van der Waals surface area contributed by atoms with Crippen molar-refractivity contribution in [1.29, 1.82) is 0 Å². The highest BCUT2D eigenvalue weighted by Crippen LogP contribution is 2.04. The van der Waals surface area contributed by atoms with Crippen molar-refractivity contribution in [3.63, 3.8) is 0 Å². The van der Waals surface area contributed by atoms with Gasteiger partial charge in [0.25, 0.3) is 0 Å². The summed E-state index contributed by atoms with van der Waals surface area (Å²) in [5.74, 6) is -0.175. The molecule has 13 heavy (non-hydrogen) atoms. The van der Waals surface area contributed by atoms with Gasteiger partial charge in [-0.1, -0.05) is 6.08 Å². The van der Waals surface area contributed by atoms with Crippen LogP contribution in [0.1, 0.15) is 10.4 Å². The van der Waals surface area contributed by atoms with Crippen LogP contribution >= 0.6 is 0 Å². The summed E-state index contributed by atoms with van der Waals surface area (Å²) in [4.78, 5) is 10.7. The molecule has 0 radical (unpaired) electrons. The molecule has 0 aromatic heterocycles. The average Bonchev–Trinajstić information content (AvgIpc) is 2.05. The van der Waals surface area contributed by atoms with Crippen molar-refractivity contribution in [2.75, 3.05) is 7.11 Å². The Morgan fingerprint density at radius 1 is 1.31 bits per heavy atom. The van der Waals surface area contributed by atoms with Crippen LogP contribution in [-0.4, -0.2) is 18.2 Å². The molecule has 1 aromatic rings. The van der Waals surface area contributed by atoms with E-state index in [1.807, 2.05) is 6.08 Å². The summed E-state index contributed by atoms with van der Waals surface area (Å²) in [6.07, 6.45) is 3.63. The highest BCUT2D eigenvalue weighted by molar-refractivity contribution is 5.91. The van der Waals surface area contributed by atoms with Crippen molar-refractivity contribution in [1.82, 2.24) is 0 Å². The lowest BCUT2D eigenvalue weighted by molar-refractivity contribution is 0.0695. The molecule has 0 aliphatic heterocycles. The second-order valence-corrected chi connectivity index (χ2v) is 2.78. The largest absolute Gasteiger partial charge is 0.496 e. The summed E-state index contributed by atoms with van der Waals surface area (Å²) < 4.78 is 5.07. The molecule has 1 aliphatic carbocycles.